The van der Waals surface area contributed by atoms with Crippen LogP contribution in [0.25, 0.3) is 0 Å². The van der Waals surface area contributed by atoms with Crippen molar-refractivity contribution in [1.82, 2.24) is 15.1 Å². The van der Waals surface area contributed by atoms with Gasteiger partial charge in [0.2, 0.25) is 0 Å². The van der Waals surface area contributed by atoms with Crippen molar-refractivity contribution in [2.45, 2.75) is 57.0 Å². The quantitative estimate of drug-likeness (QED) is 0.769. The minimum Gasteiger partial charge on any atom is -0.383 e. The van der Waals surface area contributed by atoms with Crippen LogP contribution in [0.1, 0.15) is 61.7 Å². The average molecular weight is 263 g/mol. The monoisotopic (exact) mass is 263 g/mol. The molecule has 0 spiro atoms. The van der Waals surface area contributed by atoms with Crippen molar-refractivity contribution in [3.63, 3.8) is 0 Å². The lowest BCUT2D eigenvalue weighted by atomic mass is 10.1. The fraction of sp³-hybridized carbons (Fsp3) is 0.800. The second-order valence-electron chi connectivity index (χ2n) is 5.88. The average Bonchev–Trinajstić information content (AvgIpc) is 2.96. The second-order valence-corrected chi connectivity index (χ2v) is 5.88. The Kier molecular flexibility index (Phi) is 4.18. The van der Waals surface area contributed by atoms with Crippen molar-refractivity contribution in [2.24, 2.45) is 0 Å². The van der Waals surface area contributed by atoms with Crippen LogP contribution in [0.5, 0.6) is 0 Å². The first-order valence-electron chi connectivity index (χ1n) is 7.66. The van der Waals surface area contributed by atoms with Gasteiger partial charge in [-0.3, -0.25) is 4.68 Å². The predicted octanol–water partition coefficient (Wildman–Crippen LogP) is 2.61. The number of nitrogens with zero attached hydrogens (tertiary/aromatic N) is 2. The number of hydrogen-bond acceptors (Lipinski definition) is 3. The van der Waals surface area contributed by atoms with Crippen molar-refractivity contribution >= 4 is 0 Å². The maximum absolute atomic E-state index is 5.07. The van der Waals surface area contributed by atoms with E-state index >= 15 is 0 Å². The van der Waals surface area contributed by atoms with Gasteiger partial charge in [0.25, 0.3) is 0 Å². The lowest BCUT2D eigenvalue weighted by Crippen LogP contribution is -2.19. The molecule has 1 N–H and O–H groups in total. The van der Waals surface area contributed by atoms with Gasteiger partial charge in [-0.25, -0.2) is 0 Å². The third-order valence-corrected chi connectivity index (χ3v) is 4.35. The Balaban J connectivity index is 1.69. The summed E-state index contributed by atoms with van der Waals surface area (Å²) in [5, 5.41) is 8.15. The van der Waals surface area contributed by atoms with E-state index in [0.29, 0.717) is 6.04 Å². The second kappa shape index (κ2) is 6.06. The molecule has 0 radical (unpaired) electrons. The molecule has 0 aliphatic heterocycles. The summed E-state index contributed by atoms with van der Waals surface area (Å²) >= 11 is 0. The number of hydrogen-bond donors (Lipinski definition) is 1. The fourth-order valence-electron chi connectivity index (χ4n) is 3.19. The van der Waals surface area contributed by atoms with E-state index in [1.165, 1.54) is 49.8 Å². The van der Waals surface area contributed by atoms with Crippen molar-refractivity contribution in [1.29, 1.82) is 0 Å². The van der Waals surface area contributed by atoms with Crippen LogP contribution in [0.4, 0.5) is 0 Å². The molecule has 0 aromatic carbocycles. The molecule has 4 heteroatoms. The van der Waals surface area contributed by atoms with Crippen molar-refractivity contribution in [2.75, 3.05) is 20.3 Å². The Bertz CT molecular complexity index is 406. The van der Waals surface area contributed by atoms with Gasteiger partial charge in [0.1, 0.15) is 0 Å². The van der Waals surface area contributed by atoms with E-state index in [1.54, 1.807) is 7.11 Å². The molecular weight excluding hydrogens is 238 g/mol. The summed E-state index contributed by atoms with van der Waals surface area (Å²) in [6.07, 6.45) is 10.2. The van der Waals surface area contributed by atoms with Crippen molar-refractivity contribution in [3.05, 3.63) is 17.5 Å². The van der Waals surface area contributed by atoms with Gasteiger partial charge in [-0.1, -0.05) is 12.8 Å². The summed E-state index contributed by atoms with van der Waals surface area (Å²) in [5.41, 5.74) is 2.93. The molecule has 2 aliphatic carbocycles. The first kappa shape index (κ1) is 13.1. The Morgan fingerprint density at radius 2 is 2.11 bits per heavy atom. The van der Waals surface area contributed by atoms with Crippen LogP contribution in [0, 0.1) is 0 Å². The van der Waals surface area contributed by atoms with Crippen LogP contribution in [-0.4, -0.2) is 30.0 Å². The molecule has 0 saturated heterocycles. The van der Waals surface area contributed by atoms with Gasteiger partial charge in [-0.15, -0.1) is 0 Å². The van der Waals surface area contributed by atoms with E-state index < -0.39 is 0 Å². The molecule has 0 unspecified atom stereocenters. The lowest BCUT2D eigenvalue weighted by molar-refractivity contribution is 0.199. The largest absolute Gasteiger partial charge is 0.383 e. The van der Waals surface area contributed by atoms with Gasteiger partial charge in [0.15, 0.2) is 0 Å². The number of rotatable bonds is 7. The molecule has 1 aromatic rings. The van der Waals surface area contributed by atoms with Crippen LogP contribution in [0.15, 0.2) is 6.20 Å². The molecule has 1 aromatic heterocycles. The molecular formula is C15H25N3O. The summed E-state index contributed by atoms with van der Waals surface area (Å²) in [6, 6.07) is 0.670. The third-order valence-electron chi connectivity index (χ3n) is 4.35. The molecule has 2 saturated carbocycles. The van der Waals surface area contributed by atoms with E-state index in [4.69, 9.17) is 9.84 Å². The molecule has 0 bridgehead atoms. The zero-order valence-electron chi connectivity index (χ0n) is 11.9. The van der Waals surface area contributed by atoms with Gasteiger partial charge in [-0.05, 0) is 25.7 Å². The molecule has 4 nitrogen and oxygen atoms in total. The zero-order chi connectivity index (χ0) is 13.1. The Morgan fingerprint density at radius 3 is 2.79 bits per heavy atom. The maximum atomic E-state index is 5.07. The smallest absolute Gasteiger partial charge is 0.0587 e. The summed E-state index contributed by atoms with van der Waals surface area (Å²) in [4.78, 5) is 0. The highest BCUT2D eigenvalue weighted by atomic mass is 16.5. The standard InChI is InChI=1S/C15H25N3O/c1-19-9-8-16-10-13-11-17-18(14-4-2-3-5-14)15(13)12-6-7-12/h11-12,14,16H,2-10H2,1H3. The van der Waals surface area contributed by atoms with Crippen LogP contribution < -0.4 is 5.32 Å². The Hall–Kier alpha value is -0.870. The highest BCUT2D eigenvalue weighted by molar-refractivity contribution is 5.26. The van der Waals surface area contributed by atoms with Gasteiger partial charge in [0, 0.05) is 37.4 Å². The molecule has 19 heavy (non-hydrogen) atoms. The number of nitrogens with one attached hydrogen (secondary N) is 1. The SMILES string of the molecule is COCCNCc1cnn(C2CCCC2)c1C1CC1. The molecule has 3 rings (SSSR count). The van der Waals surface area contributed by atoms with Crippen LogP contribution in [-0.2, 0) is 11.3 Å². The van der Waals surface area contributed by atoms with Crippen LogP contribution >= 0.6 is 0 Å². The van der Waals surface area contributed by atoms with E-state index in [-0.39, 0.29) is 0 Å². The summed E-state index contributed by atoms with van der Waals surface area (Å²) < 4.78 is 7.43. The van der Waals surface area contributed by atoms with Gasteiger partial charge >= 0.3 is 0 Å². The lowest BCUT2D eigenvalue weighted by Gasteiger charge is -2.15. The molecule has 2 aliphatic rings. The van der Waals surface area contributed by atoms with Crippen molar-refractivity contribution < 1.29 is 4.74 Å². The summed E-state index contributed by atoms with van der Waals surface area (Å²) in [6.45, 7) is 2.62. The highest BCUT2D eigenvalue weighted by Gasteiger charge is 2.32. The summed E-state index contributed by atoms with van der Waals surface area (Å²) in [5.74, 6) is 0.780. The molecule has 2 fully saturated rings. The third kappa shape index (κ3) is 3.00. The maximum Gasteiger partial charge on any atom is 0.0587 e. The Morgan fingerprint density at radius 1 is 1.32 bits per heavy atom. The van der Waals surface area contributed by atoms with Crippen LogP contribution in [0.2, 0.25) is 0 Å². The van der Waals surface area contributed by atoms with E-state index in [2.05, 4.69) is 16.2 Å². The number of aromatic nitrogens is 2. The minimum atomic E-state index is 0.670. The molecule has 1 heterocycles. The normalized spacial score (nSPS) is 20.3. The zero-order valence-corrected chi connectivity index (χ0v) is 11.9. The summed E-state index contributed by atoms with van der Waals surface area (Å²) in [7, 11) is 1.75. The van der Waals surface area contributed by atoms with E-state index in [9.17, 15) is 0 Å². The van der Waals surface area contributed by atoms with E-state index in [0.717, 1.165) is 25.6 Å². The minimum absolute atomic E-state index is 0.670. The van der Waals surface area contributed by atoms with Gasteiger partial charge in [-0.2, -0.15) is 5.10 Å². The molecule has 0 amide bonds. The van der Waals surface area contributed by atoms with E-state index in [1.807, 2.05) is 0 Å². The number of methoxy groups -OCH3 is 1. The van der Waals surface area contributed by atoms with Crippen molar-refractivity contribution in [3.8, 4) is 0 Å². The number of ether oxygens (including phenoxy) is 1. The van der Waals surface area contributed by atoms with Gasteiger partial charge in [0.05, 0.1) is 18.8 Å². The predicted molar refractivity (Wildman–Crippen MR) is 75.3 cm³/mol. The van der Waals surface area contributed by atoms with Gasteiger partial charge < -0.3 is 10.1 Å². The fourth-order valence-corrected chi connectivity index (χ4v) is 3.19. The Labute approximate surface area is 115 Å². The first-order valence-corrected chi connectivity index (χ1v) is 7.66. The molecule has 106 valence electrons. The first-order chi connectivity index (χ1) is 9.40. The highest BCUT2D eigenvalue weighted by Crippen LogP contribution is 2.44. The molecule has 0 atom stereocenters. The van der Waals surface area contributed by atoms with Crippen LogP contribution in [0.3, 0.4) is 0 Å². The topological polar surface area (TPSA) is 39.1 Å².